The molecule has 1 aromatic heterocycles. The van der Waals surface area contributed by atoms with E-state index in [1.165, 1.54) is 7.11 Å². The summed E-state index contributed by atoms with van der Waals surface area (Å²) in [7, 11) is 1.54. The van der Waals surface area contributed by atoms with Crippen molar-refractivity contribution in [1.82, 2.24) is 20.4 Å². The molecule has 3 amide bonds. The van der Waals surface area contributed by atoms with Gasteiger partial charge in [0.1, 0.15) is 17.8 Å². The number of ether oxygens (including phenoxy) is 1. The first-order valence-electron chi connectivity index (χ1n) is 8.77. The van der Waals surface area contributed by atoms with Crippen LogP contribution in [-0.4, -0.2) is 34.1 Å². The van der Waals surface area contributed by atoms with Gasteiger partial charge < -0.3 is 14.5 Å². The molecule has 2 aromatic carbocycles. The van der Waals surface area contributed by atoms with E-state index in [0.717, 1.165) is 4.90 Å². The normalized spacial score (nSPS) is 18.8. The largest absolute Gasteiger partial charge is 0.497 e. The maximum Gasteiger partial charge on any atom is 0.325 e. The molecule has 2 heterocycles. The zero-order chi connectivity index (χ0) is 20.6. The van der Waals surface area contributed by atoms with Crippen LogP contribution in [-0.2, 0) is 16.9 Å². The van der Waals surface area contributed by atoms with Gasteiger partial charge in [-0.3, -0.25) is 9.69 Å². The molecular formula is C20H17ClN4O4. The van der Waals surface area contributed by atoms with Crippen molar-refractivity contribution in [2.75, 3.05) is 7.11 Å². The number of aromatic nitrogens is 2. The molecule has 29 heavy (non-hydrogen) atoms. The summed E-state index contributed by atoms with van der Waals surface area (Å²) < 4.78 is 10.8. The fourth-order valence-corrected chi connectivity index (χ4v) is 3.26. The van der Waals surface area contributed by atoms with Gasteiger partial charge >= 0.3 is 6.03 Å². The molecule has 1 unspecified atom stereocenters. The summed E-state index contributed by atoms with van der Waals surface area (Å²) in [5.41, 5.74) is 0.0848. The lowest BCUT2D eigenvalue weighted by atomic mass is 9.92. The number of rotatable bonds is 5. The SMILES string of the molecule is COc1cccc(C2(C)NC(=O)N(Cc3nnc(-c4ccc(Cl)cc4)o3)C2=O)c1. The van der Waals surface area contributed by atoms with E-state index in [4.69, 9.17) is 20.8 Å². The van der Waals surface area contributed by atoms with Crippen molar-refractivity contribution in [3.8, 4) is 17.2 Å². The van der Waals surface area contributed by atoms with E-state index in [1.807, 2.05) is 0 Å². The number of hydrogen-bond acceptors (Lipinski definition) is 6. The monoisotopic (exact) mass is 412 g/mol. The summed E-state index contributed by atoms with van der Waals surface area (Å²) >= 11 is 5.88. The Morgan fingerprint density at radius 3 is 2.66 bits per heavy atom. The molecule has 1 aliphatic heterocycles. The Morgan fingerprint density at radius 1 is 1.17 bits per heavy atom. The third-order valence-electron chi connectivity index (χ3n) is 4.77. The Kier molecular flexibility index (Phi) is 4.71. The molecule has 1 saturated heterocycles. The second-order valence-electron chi connectivity index (χ2n) is 6.69. The molecule has 0 saturated carbocycles. The maximum atomic E-state index is 13.1. The van der Waals surface area contributed by atoms with Crippen LogP contribution < -0.4 is 10.1 Å². The van der Waals surface area contributed by atoms with E-state index >= 15 is 0 Å². The van der Waals surface area contributed by atoms with Gasteiger partial charge in [0, 0.05) is 10.6 Å². The fourth-order valence-electron chi connectivity index (χ4n) is 3.13. The summed E-state index contributed by atoms with van der Waals surface area (Å²) in [6.45, 7) is 1.51. The van der Waals surface area contributed by atoms with E-state index in [1.54, 1.807) is 55.5 Å². The molecule has 1 aliphatic rings. The van der Waals surface area contributed by atoms with Crippen LogP contribution in [0, 0.1) is 0 Å². The highest BCUT2D eigenvalue weighted by molar-refractivity contribution is 6.30. The average Bonchev–Trinajstić information content (AvgIpc) is 3.28. The van der Waals surface area contributed by atoms with E-state index in [9.17, 15) is 9.59 Å². The van der Waals surface area contributed by atoms with Gasteiger partial charge in [0.15, 0.2) is 0 Å². The number of methoxy groups -OCH3 is 1. The Morgan fingerprint density at radius 2 is 1.93 bits per heavy atom. The zero-order valence-electron chi connectivity index (χ0n) is 15.7. The van der Waals surface area contributed by atoms with Crippen molar-refractivity contribution in [3.05, 3.63) is 65.0 Å². The van der Waals surface area contributed by atoms with Crippen LogP contribution in [0.2, 0.25) is 5.02 Å². The van der Waals surface area contributed by atoms with Gasteiger partial charge in [-0.05, 0) is 48.9 Å². The first kappa shape index (κ1) is 18.9. The predicted octanol–water partition coefficient (Wildman–Crippen LogP) is 3.37. The predicted molar refractivity (Wildman–Crippen MR) is 104 cm³/mol. The summed E-state index contributed by atoms with van der Waals surface area (Å²) in [4.78, 5) is 26.6. The molecule has 0 radical (unpaired) electrons. The van der Waals surface area contributed by atoms with Gasteiger partial charge in [-0.15, -0.1) is 10.2 Å². The van der Waals surface area contributed by atoms with Gasteiger partial charge in [0.25, 0.3) is 5.91 Å². The van der Waals surface area contributed by atoms with Crippen LogP contribution in [0.15, 0.2) is 52.9 Å². The minimum atomic E-state index is -1.22. The number of nitrogens with one attached hydrogen (secondary N) is 1. The smallest absolute Gasteiger partial charge is 0.325 e. The van der Waals surface area contributed by atoms with Crippen LogP contribution in [0.5, 0.6) is 5.75 Å². The highest BCUT2D eigenvalue weighted by Crippen LogP contribution is 2.32. The molecule has 8 nitrogen and oxygen atoms in total. The Labute approximate surface area is 171 Å². The zero-order valence-corrected chi connectivity index (χ0v) is 16.4. The topological polar surface area (TPSA) is 97.6 Å². The summed E-state index contributed by atoms with van der Waals surface area (Å²) in [6.07, 6.45) is 0. The maximum absolute atomic E-state index is 13.1. The quantitative estimate of drug-likeness (QED) is 0.645. The van der Waals surface area contributed by atoms with Gasteiger partial charge in [-0.25, -0.2) is 4.79 Å². The average molecular weight is 413 g/mol. The van der Waals surface area contributed by atoms with Gasteiger partial charge in [-0.2, -0.15) is 0 Å². The summed E-state index contributed by atoms with van der Waals surface area (Å²) in [6, 6.07) is 13.4. The number of nitrogens with zero attached hydrogens (tertiary/aromatic N) is 3. The van der Waals surface area contributed by atoms with E-state index in [-0.39, 0.29) is 18.3 Å². The van der Waals surface area contributed by atoms with Crippen LogP contribution >= 0.6 is 11.6 Å². The van der Waals surface area contributed by atoms with Gasteiger partial charge in [0.2, 0.25) is 11.8 Å². The number of imide groups is 1. The first-order chi connectivity index (χ1) is 13.9. The minimum absolute atomic E-state index is 0.134. The Hall–Kier alpha value is -3.39. The first-order valence-corrected chi connectivity index (χ1v) is 9.15. The van der Waals surface area contributed by atoms with Crippen LogP contribution in [0.25, 0.3) is 11.5 Å². The van der Waals surface area contributed by atoms with Gasteiger partial charge in [0.05, 0.1) is 7.11 Å². The van der Waals surface area contributed by atoms with Crippen molar-refractivity contribution in [3.63, 3.8) is 0 Å². The van der Waals surface area contributed by atoms with Gasteiger partial charge in [-0.1, -0.05) is 23.7 Å². The third-order valence-corrected chi connectivity index (χ3v) is 5.03. The lowest BCUT2D eigenvalue weighted by Crippen LogP contribution is -2.40. The molecule has 1 atom stereocenters. The highest BCUT2D eigenvalue weighted by Gasteiger charge is 2.49. The van der Waals surface area contributed by atoms with Crippen molar-refractivity contribution >= 4 is 23.5 Å². The van der Waals surface area contributed by atoms with Crippen LogP contribution in [0.4, 0.5) is 4.79 Å². The number of carbonyl (C=O) groups excluding carboxylic acids is 2. The van der Waals surface area contributed by atoms with Crippen molar-refractivity contribution < 1.29 is 18.7 Å². The molecule has 0 bridgehead atoms. The number of amides is 3. The lowest BCUT2D eigenvalue weighted by molar-refractivity contribution is -0.131. The molecule has 3 aromatic rings. The molecule has 148 valence electrons. The molecule has 1 fully saturated rings. The Bertz CT molecular complexity index is 1080. The molecule has 9 heteroatoms. The van der Waals surface area contributed by atoms with Crippen molar-refractivity contribution in [1.29, 1.82) is 0 Å². The van der Waals surface area contributed by atoms with Crippen molar-refractivity contribution in [2.24, 2.45) is 0 Å². The molecule has 4 rings (SSSR count). The van der Waals surface area contributed by atoms with Crippen molar-refractivity contribution in [2.45, 2.75) is 19.0 Å². The molecule has 0 aliphatic carbocycles. The second-order valence-corrected chi connectivity index (χ2v) is 7.12. The summed E-state index contributed by atoms with van der Waals surface area (Å²) in [5, 5.41) is 11.3. The Balaban J connectivity index is 1.56. The number of urea groups is 1. The molecular weight excluding hydrogens is 396 g/mol. The standard InChI is InChI=1S/C20H17ClN4O4/c1-20(13-4-3-5-15(10-13)28-2)18(26)25(19(27)22-20)11-16-23-24-17(29-16)12-6-8-14(21)9-7-12/h3-10H,11H2,1-2H3,(H,22,27). The van der Waals surface area contributed by atoms with E-state index in [0.29, 0.717) is 21.9 Å². The number of carbonyl (C=O) groups is 2. The summed E-state index contributed by atoms with van der Waals surface area (Å²) in [5.74, 6) is 0.600. The van der Waals surface area contributed by atoms with E-state index in [2.05, 4.69) is 15.5 Å². The highest BCUT2D eigenvalue weighted by atomic mass is 35.5. The number of halogens is 1. The van der Waals surface area contributed by atoms with Crippen LogP contribution in [0.1, 0.15) is 18.4 Å². The lowest BCUT2D eigenvalue weighted by Gasteiger charge is -2.22. The van der Waals surface area contributed by atoms with E-state index < -0.39 is 17.5 Å². The third kappa shape index (κ3) is 3.42. The number of benzene rings is 2. The number of hydrogen-bond donors (Lipinski definition) is 1. The van der Waals surface area contributed by atoms with Crippen LogP contribution in [0.3, 0.4) is 0 Å². The fraction of sp³-hybridized carbons (Fsp3) is 0.200. The second kappa shape index (κ2) is 7.21. The minimum Gasteiger partial charge on any atom is -0.497 e. The molecule has 1 N–H and O–H groups in total. The molecule has 0 spiro atoms.